The first-order valence-electron chi connectivity index (χ1n) is 5.00. The van der Waals surface area contributed by atoms with Gasteiger partial charge in [-0.1, -0.05) is 11.6 Å². The van der Waals surface area contributed by atoms with Gasteiger partial charge in [-0.25, -0.2) is 4.98 Å². The molecule has 0 aliphatic rings. The van der Waals surface area contributed by atoms with Crippen LogP contribution in [0.15, 0.2) is 12.3 Å². The standard InChI is InChI=1S/C11H10ClN5O/c1-15-10-9(12)6-8(7-16-10)11(18)17(4-2-13)5-3-14/h6-7H,4-5H2,1H3,(H,15,16). The van der Waals surface area contributed by atoms with Crippen molar-refractivity contribution in [2.24, 2.45) is 0 Å². The SMILES string of the molecule is CNc1ncc(C(=O)N(CC#N)CC#N)cc1Cl. The van der Waals surface area contributed by atoms with Crippen LogP contribution < -0.4 is 5.32 Å². The molecule has 1 aromatic heterocycles. The van der Waals surface area contributed by atoms with E-state index in [9.17, 15) is 4.79 Å². The fourth-order valence-corrected chi connectivity index (χ4v) is 1.55. The number of anilines is 1. The van der Waals surface area contributed by atoms with Gasteiger partial charge >= 0.3 is 0 Å². The van der Waals surface area contributed by atoms with Crippen molar-refractivity contribution < 1.29 is 4.79 Å². The molecule has 1 amide bonds. The molecule has 1 aromatic rings. The number of halogens is 1. The van der Waals surface area contributed by atoms with Crippen LogP contribution in [0, 0.1) is 22.7 Å². The van der Waals surface area contributed by atoms with Gasteiger partial charge in [-0.05, 0) is 6.07 Å². The minimum absolute atomic E-state index is 0.155. The molecule has 0 aliphatic heterocycles. The maximum absolute atomic E-state index is 12.0. The maximum atomic E-state index is 12.0. The topological polar surface area (TPSA) is 92.8 Å². The van der Waals surface area contributed by atoms with E-state index in [-0.39, 0.29) is 18.7 Å². The summed E-state index contributed by atoms with van der Waals surface area (Å²) in [6.07, 6.45) is 1.35. The Balaban J connectivity index is 2.99. The van der Waals surface area contributed by atoms with Crippen molar-refractivity contribution in [2.45, 2.75) is 0 Å². The third kappa shape index (κ3) is 3.09. The summed E-state index contributed by atoms with van der Waals surface area (Å²) in [4.78, 5) is 17.1. The predicted molar refractivity (Wildman–Crippen MR) is 65.9 cm³/mol. The lowest BCUT2D eigenvalue weighted by atomic mass is 10.2. The lowest BCUT2D eigenvalue weighted by molar-refractivity contribution is 0.0794. The van der Waals surface area contributed by atoms with Gasteiger partial charge < -0.3 is 10.2 Å². The van der Waals surface area contributed by atoms with Crippen molar-refractivity contribution >= 4 is 23.3 Å². The van der Waals surface area contributed by atoms with E-state index in [1.54, 1.807) is 7.05 Å². The van der Waals surface area contributed by atoms with Crippen molar-refractivity contribution in [1.29, 1.82) is 10.5 Å². The summed E-state index contributed by atoms with van der Waals surface area (Å²) in [7, 11) is 1.66. The molecule has 0 bridgehead atoms. The normalized spacial score (nSPS) is 9.11. The van der Waals surface area contributed by atoms with E-state index in [0.717, 1.165) is 4.90 Å². The van der Waals surface area contributed by atoms with Crippen LogP contribution in [0.4, 0.5) is 5.82 Å². The van der Waals surface area contributed by atoms with Crippen molar-refractivity contribution in [2.75, 3.05) is 25.5 Å². The molecule has 0 atom stereocenters. The number of rotatable bonds is 4. The zero-order valence-corrected chi connectivity index (χ0v) is 10.4. The van der Waals surface area contributed by atoms with Gasteiger partial charge in [0.15, 0.2) is 0 Å². The highest BCUT2D eigenvalue weighted by Crippen LogP contribution is 2.20. The number of aromatic nitrogens is 1. The van der Waals surface area contributed by atoms with Gasteiger partial charge in [0.2, 0.25) is 0 Å². The molecular weight excluding hydrogens is 254 g/mol. The molecule has 1 N–H and O–H groups in total. The van der Waals surface area contributed by atoms with Crippen molar-refractivity contribution in [1.82, 2.24) is 9.88 Å². The van der Waals surface area contributed by atoms with Crippen LogP contribution >= 0.6 is 11.6 Å². The number of hydrogen-bond donors (Lipinski definition) is 1. The molecule has 0 aliphatic carbocycles. The van der Waals surface area contributed by atoms with Gasteiger partial charge in [0, 0.05) is 13.2 Å². The molecule has 1 heterocycles. The number of hydrogen-bond acceptors (Lipinski definition) is 5. The first kappa shape index (κ1) is 13.8. The molecule has 18 heavy (non-hydrogen) atoms. The Kier molecular flexibility index (Phi) is 4.91. The molecule has 6 nitrogen and oxygen atoms in total. The monoisotopic (exact) mass is 263 g/mol. The van der Waals surface area contributed by atoms with E-state index in [0.29, 0.717) is 10.8 Å². The summed E-state index contributed by atoms with van der Waals surface area (Å²) in [6, 6.07) is 5.11. The summed E-state index contributed by atoms with van der Waals surface area (Å²) in [5, 5.41) is 20.3. The van der Waals surface area contributed by atoms with Crippen molar-refractivity contribution in [3.63, 3.8) is 0 Å². The molecule has 0 spiro atoms. The zero-order chi connectivity index (χ0) is 13.5. The van der Waals surface area contributed by atoms with Gasteiger partial charge in [-0.3, -0.25) is 4.79 Å². The lowest BCUT2D eigenvalue weighted by Crippen LogP contribution is -2.31. The number of nitrogens with one attached hydrogen (secondary N) is 1. The molecule has 0 saturated carbocycles. The summed E-state index contributed by atoms with van der Waals surface area (Å²) in [5.41, 5.74) is 0.240. The Hall–Kier alpha value is -2.31. The molecule has 0 unspecified atom stereocenters. The molecule has 0 saturated heterocycles. The second kappa shape index (κ2) is 6.43. The van der Waals surface area contributed by atoms with Crippen LogP contribution in [0.3, 0.4) is 0 Å². The van der Waals surface area contributed by atoms with Crippen LogP contribution in [-0.4, -0.2) is 35.9 Å². The molecule has 7 heteroatoms. The van der Waals surface area contributed by atoms with Gasteiger partial charge in [0.1, 0.15) is 18.9 Å². The van der Waals surface area contributed by atoms with E-state index >= 15 is 0 Å². The van der Waals surface area contributed by atoms with Crippen molar-refractivity contribution in [3.8, 4) is 12.1 Å². The Bertz CT molecular complexity index is 515. The Morgan fingerprint density at radius 1 is 1.50 bits per heavy atom. The number of pyridine rings is 1. The number of nitrogens with zero attached hydrogens (tertiary/aromatic N) is 4. The molecular formula is C11H10ClN5O. The largest absolute Gasteiger partial charge is 0.372 e. The summed E-state index contributed by atoms with van der Waals surface area (Å²) >= 11 is 5.91. The average molecular weight is 264 g/mol. The van der Waals surface area contributed by atoms with E-state index in [2.05, 4.69) is 10.3 Å². The van der Waals surface area contributed by atoms with Gasteiger partial charge in [0.05, 0.1) is 22.7 Å². The Morgan fingerprint density at radius 2 is 2.11 bits per heavy atom. The molecule has 92 valence electrons. The first-order valence-corrected chi connectivity index (χ1v) is 5.38. The minimum atomic E-state index is -0.449. The van der Waals surface area contributed by atoms with Gasteiger partial charge in [-0.15, -0.1) is 0 Å². The van der Waals surface area contributed by atoms with Crippen LogP contribution in [0.5, 0.6) is 0 Å². The maximum Gasteiger partial charge on any atom is 0.257 e. The number of carbonyl (C=O) groups excluding carboxylic acids is 1. The summed E-state index contributed by atoms with van der Waals surface area (Å²) < 4.78 is 0. The van der Waals surface area contributed by atoms with Crippen LogP contribution in [0.25, 0.3) is 0 Å². The third-order valence-corrected chi connectivity index (χ3v) is 2.42. The average Bonchev–Trinajstić information content (AvgIpc) is 2.37. The second-order valence-electron chi connectivity index (χ2n) is 3.28. The highest BCUT2D eigenvalue weighted by molar-refractivity contribution is 6.33. The Labute approximate surface area is 109 Å². The predicted octanol–water partition coefficient (Wildman–Crippen LogP) is 1.27. The van der Waals surface area contributed by atoms with Crippen LogP contribution in [0.2, 0.25) is 5.02 Å². The highest BCUT2D eigenvalue weighted by atomic mass is 35.5. The molecule has 0 radical (unpaired) electrons. The lowest BCUT2D eigenvalue weighted by Gasteiger charge is -2.15. The third-order valence-electron chi connectivity index (χ3n) is 2.14. The fraction of sp³-hybridized carbons (Fsp3) is 0.273. The highest BCUT2D eigenvalue weighted by Gasteiger charge is 2.16. The summed E-state index contributed by atoms with van der Waals surface area (Å²) in [6.45, 7) is -0.310. The zero-order valence-electron chi connectivity index (χ0n) is 9.64. The van der Waals surface area contributed by atoms with E-state index in [1.165, 1.54) is 12.3 Å². The van der Waals surface area contributed by atoms with Gasteiger partial charge in [0.25, 0.3) is 5.91 Å². The van der Waals surface area contributed by atoms with Crippen LogP contribution in [-0.2, 0) is 0 Å². The quantitative estimate of drug-likeness (QED) is 0.826. The second-order valence-corrected chi connectivity index (χ2v) is 3.69. The molecule has 1 rings (SSSR count). The smallest absolute Gasteiger partial charge is 0.257 e. The van der Waals surface area contributed by atoms with Crippen molar-refractivity contribution in [3.05, 3.63) is 22.8 Å². The fourth-order valence-electron chi connectivity index (χ4n) is 1.29. The van der Waals surface area contributed by atoms with E-state index < -0.39 is 5.91 Å². The number of amides is 1. The first-order chi connectivity index (χ1) is 8.63. The van der Waals surface area contributed by atoms with Gasteiger partial charge in [-0.2, -0.15) is 10.5 Å². The minimum Gasteiger partial charge on any atom is -0.372 e. The molecule has 0 fully saturated rings. The van der Waals surface area contributed by atoms with Crippen LogP contribution in [0.1, 0.15) is 10.4 Å². The Morgan fingerprint density at radius 3 is 2.56 bits per heavy atom. The van der Waals surface area contributed by atoms with E-state index in [1.807, 2.05) is 12.1 Å². The summed E-state index contributed by atoms with van der Waals surface area (Å²) in [5.74, 6) is 0.00971. The van der Waals surface area contributed by atoms with E-state index in [4.69, 9.17) is 22.1 Å². The molecule has 0 aromatic carbocycles. The number of carbonyl (C=O) groups is 1. The number of nitriles is 2.